The van der Waals surface area contributed by atoms with E-state index < -0.39 is 11.9 Å². The molecule has 0 aliphatic carbocycles. The summed E-state index contributed by atoms with van der Waals surface area (Å²) >= 11 is 1.19. The number of nitrogens with zero attached hydrogens (tertiary/aromatic N) is 3. The number of hydrogen-bond acceptors (Lipinski definition) is 7. The SMILES string of the molecule is CCn1c(SCC(=O)NC(=O)NCc2ccco2)nnc1-c1ccco1. The van der Waals surface area contributed by atoms with Crippen LogP contribution >= 0.6 is 11.8 Å². The van der Waals surface area contributed by atoms with Gasteiger partial charge in [-0.15, -0.1) is 10.2 Å². The van der Waals surface area contributed by atoms with Crippen molar-refractivity contribution >= 4 is 23.7 Å². The highest BCUT2D eigenvalue weighted by atomic mass is 32.2. The number of aromatic nitrogens is 3. The van der Waals surface area contributed by atoms with E-state index in [4.69, 9.17) is 8.83 Å². The summed E-state index contributed by atoms with van der Waals surface area (Å²) in [4.78, 5) is 23.6. The first-order valence-electron chi connectivity index (χ1n) is 7.87. The van der Waals surface area contributed by atoms with E-state index in [-0.39, 0.29) is 12.3 Å². The third kappa shape index (κ3) is 4.33. The van der Waals surface area contributed by atoms with Crippen LogP contribution in [0.1, 0.15) is 12.7 Å². The molecule has 3 heterocycles. The van der Waals surface area contributed by atoms with Gasteiger partial charge in [-0.2, -0.15) is 0 Å². The maximum atomic E-state index is 11.9. The number of nitrogens with one attached hydrogen (secondary N) is 2. The van der Waals surface area contributed by atoms with Crippen LogP contribution in [0.15, 0.2) is 50.8 Å². The fourth-order valence-corrected chi connectivity index (χ4v) is 2.99. The van der Waals surface area contributed by atoms with E-state index in [9.17, 15) is 9.59 Å². The monoisotopic (exact) mass is 375 g/mol. The number of furan rings is 2. The Bertz CT molecular complexity index is 857. The summed E-state index contributed by atoms with van der Waals surface area (Å²) in [6, 6.07) is 6.43. The van der Waals surface area contributed by atoms with Gasteiger partial charge in [0.1, 0.15) is 5.76 Å². The van der Waals surface area contributed by atoms with Gasteiger partial charge in [0.05, 0.1) is 24.8 Å². The second kappa shape index (κ2) is 8.39. The van der Waals surface area contributed by atoms with Crippen molar-refractivity contribution in [1.29, 1.82) is 0 Å². The van der Waals surface area contributed by atoms with Crippen molar-refractivity contribution in [3.8, 4) is 11.6 Å². The summed E-state index contributed by atoms with van der Waals surface area (Å²) in [6.07, 6.45) is 3.07. The number of thioether (sulfide) groups is 1. The summed E-state index contributed by atoms with van der Waals surface area (Å²) in [5.74, 6) is 1.40. The van der Waals surface area contributed by atoms with E-state index in [1.165, 1.54) is 18.0 Å². The molecule has 0 saturated carbocycles. The highest BCUT2D eigenvalue weighted by Crippen LogP contribution is 2.23. The van der Waals surface area contributed by atoms with E-state index >= 15 is 0 Å². The lowest BCUT2D eigenvalue weighted by atomic mass is 10.4. The molecule has 0 bridgehead atoms. The van der Waals surface area contributed by atoms with Gasteiger partial charge in [-0.25, -0.2) is 4.79 Å². The van der Waals surface area contributed by atoms with Gasteiger partial charge < -0.3 is 14.2 Å². The molecule has 0 unspecified atom stereocenters. The first kappa shape index (κ1) is 17.8. The first-order valence-corrected chi connectivity index (χ1v) is 8.86. The maximum Gasteiger partial charge on any atom is 0.321 e. The molecule has 0 spiro atoms. The molecule has 2 N–H and O–H groups in total. The molecule has 0 radical (unpaired) electrons. The first-order chi connectivity index (χ1) is 12.7. The molecule has 0 fully saturated rings. The number of carbonyl (C=O) groups excluding carboxylic acids is 2. The zero-order valence-electron chi connectivity index (χ0n) is 14.0. The molecule has 0 aliphatic rings. The van der Waals surface area contributed by atoms with Crippen molar-refractivity contribution in [1.82, 2.24) is 25.4 Å². The second-order valence-corrected chi connectivity index (χ2v) is 6.07. The second-order valence-electron chi connectivity index (χ2n) is 5.13. The van der Waals surface area contributed by atoms with E-state index in [1.807, 2.05) is 11.5 Å². The average Bonchev–Trinajstić information content (AvgIpc) is 3.39. The quantitative estimate of drug-likeness (QED) is 0.609. The van der Waals surface area contributed by atoms with Crippen molar-refractivity contribution < 1.29 is 18.4 Å². The average molecular weight is 375 g/mol. The summed E-state index contributed by atoms with van der Waals surface area (Å²) in [5.41, 5.74) is 0. The smallest absolute Gasteiger partial charge is 0.321 e. The number of hydrogen-bond donors (Lipinski definition) is 2. The molecular formula is C16H17N5O4S. The predicted octanol–water partition coefficient (Wildman–Crippen LogP) is 2.27. The predicted molar refractivity (Wildman–Crippen MR) is 93.2 cm³/mol. The molecule has 3 rings (SSSR count). The van der Waals surface area contributed by atoms with Crippen LogP contribution in [-0.4, -0.2) is 32.5 Å². The third-order valence-corrected chi connectivity index (χ3v) is 4.33. The molecule has 26 heavy (non-hydrogen) atoms. The van der Waals surface area contributed by atoms with E-state index in [1.54, 1.807) is 30.5 Å². The lowest BCUT2D eigenvalue weighted by Crippen LogP contribution is -2.39. The van der Waals surface area contributed by atoms with Crippen LogP contribution < -0.4 is 10.6 Å². The minimum Gasteiger partial charge on any atom is -0.467 e. The van der Waals surface area contributed by atoms with Gasteiger partial charge in [0, 0.05) is 6.54 Å². The minimum atomic E-state index is -0.583. The van der Waals surface area contributed by atoms with Crippen molar-refractivity contribution in [3.05, 3.63) is 42.6 Å². The topological polar surface area (TPSA) is 115 Å². The lowest BCUT2D eigenvalue weighted by molar-refractivity contribution is -0.117. The zero-order valence-corrected chi connectivity index (χ0v) is 14.8. The highest BCUT2D eigenvalue weighted by Gasteiger charge is 2.17. The van der Waals surface area contributed by atoms with Crippen LogP contribution in [0.3, 0.4) is 0 Å². The molecular weight excluding hydrogens is 358 g/mol. The van der Waals surface area contributed by atoms with Crippen LogP contribution in [0, 0.1) is 0 Å². The Morgan fingerprint density at radius 3 is 2.69 bits per heavy atom. The molecule has 3 aromatic heterocycles. The van der Waals surface area contributed by atoms with Gasteiger partial charge in [0.25, 0.3) is 0 Å². The molecule has 3 aromatic rings. The van der Waals surface area contributed by atoms with Crippen LogP contribution in [0.5, 0.6) is 0 Å². The Hall–Kier alpha value is -3.01. The Morgan fingerprint density at radius 1 is 1.19 bits per heavy atom. The number of urea groups is 1. The maximum absolute atomic E-state index is 11.9. The molecule has 0 aliphatic heterocycles. The van der Waals surface area contributed by atoms with E-state index in [0.29, 0.717) is 29.0 Å². The highest BCUT2D eigenvalue weighted by molar-refractivity contribution is 7.99. The Morgan fingerprint density at radius 2 is 2.00 bits per heavy atom. The standard InChI is InChI=1S/C16H17N5O4S/c1-2-21-14(12-6-4-8-25-12)19-20-16(21)26-10-13(22)18-15(23)17-9-11-5-3-7-24-11/h3-8H,2,9-10H2,1H3,(H2,17,18,22,23). The minimum absolute atomic E-state index is 0.0322. The van der Waals surface area contributed by atoms with Crippen LogP contribution in [0.4, 0.5) is 4.79 Å². The fraction of sp³-hybridized carbons (Fsp3) is 0.250. The normalized spacial score (nSPS) is 10.7. The zero-order chi connectivity index (χ0) is 18.4. The number of amides is 3. The van der Waals surface area contributed by atoms with Crippen LogP contribution in [-0.2, 0) is 17.9 Å². The van der Waals surface area contributed by atoms with Gasteiger partial charge in [-0.3, -0.25) is 14.7 Å². The largest absolute Gasteiger partial charge is 0.467 e. The van der Waals surface area contributed by atoms with E-state index in [0.717, 1.165) is 0 Å². The van der Waals surface area contributed by atoms with Crippen LogP contribution in [0.2, 0.25) is 0 Å². The number of imide groups is 1. The Kier molecular flexibility index (Phi) is 5.74. The molecule has 10 heteroatoms. The van der Waals surface area contributed by atoms with Crippen molar-refractivity contribution in [2.75, 3.05) is 5.75 Å². The summed E-state index contributed by atoms with van der Waals surface area (Å²) in [5, 5.41) is 13.6. The van der Waals surface area contributed by atoms with Gasteiger partial charge >= 0.3 is 6.03 Å². The molecule has 3 amide bonds. The van der Waals surface area contributed by atoms with Gasteiger partial charge in [0.2, 0.25) is 5.91 Å². The van der Waals surface area contributed by atoms with Crippen LogP contribution in [0.25, 0.3) is 11.6 Å². The Labute approximate surface area is 153 Å². The fourth-order valence-electron chi connectivity index (χ4n) is 2.19. The molecule has 0 saturated heterocycles. The van der Waals surface area contributed by atoms with Gasteiger partial charge in [-0.05, 0) is 31.2 Å². The molecule has 0 atom stereocenters. The Balaban J connectivity index is 1.50. The van der Waals surface area contributed by atoms with Crippen molar-refractivity contribution in [3.63, 3.8) is 0 Å². The summed E-state index contributed by atoms with van der Waals surface area (Å²) in [7, 11) is 0. The summed E-state index contributed by atoms with van der Waals surface area (Å²) < 4.78 is 12.3. The van der Waals surface area contributed by atoms with Gasteiger partial charge in [-0.1, -0.05) is 11.8 Å². The third-order valence-electron chi connectivity index (χ3n) is 3.36. The molecule has 9 nitrogen and oxygen atoms in total. The molecule has 136 valence electrons. The summed E-state index contributed by atoms with van der Waals surface area (Å²) in [6.45, 7) is 2.77. The van der Waals surface area contributed by atoms with Gasteiger partial charge in [0.15, 0.2) is 16.7 Å². The lowest BCUT2D eigenvalue weighted by Gasteiger charge is -2.07. The van der Waals surface area contributed by atoms with Crippen molar-refractivity contribution in [2.45, 2.75) is 25.2 Å². The number of carbonyl (C=O) groups is 2. The molecule has 0 aromatic carbocycles. The number of rotatable bonds is 7. The van der Waals surface area contributed by atoms with E-state index in [2.05, 4.69) is 20.8 Å². The van der Waals surface area contributed by atoms with Crippen molar-refractivity contribution in [2.24, 2.45) is 0 Å².